The Morgan fingerprint density at radius 1 is 0.909 bits per heavy atom. The summed E-state index contributed by atoms with van der Waals surface area (Å²) in [5.74, 6) is -3.86. The summed E-state index contributed by atoms with van der Waals surface area (Å²) in [5, 5.41) is 29.0. The first-order valence-electron chi connectivity index (χ1n) is 12.8. The maximum absolute atomic E-state index is 13.5. The molecular formula is C28H26F3N3O10. The zero-order chi connectivity index (χ0) is 33.0. The standard InChI is InChI=1S/C26H25N3O8.C2HF3O2/c1-2-37-25(31)12-11-24(30)27-14-13-20(15-18-3-7-22(8-4-18)28(33)34)26(32)21(17-27)16-19-5-9-23(10-6-19)29(35)36;3-2(4,5)1(6)7/h3-10,15-16H,2,11-14,17H2,1H3;(H,6,7). The van der Waals surface area contributed by atoms with Crippen molar-refractivity contribution < 1.29 is 52.0 Å². The lowest BCUT2D eigenvalue weighted by atomic mass is 9.98. The molecule has 44 heavy (non-hydrogen) atoms. The molecule has 1 saturated heterocycles. The number of rotatable bonds is 8. The molecule has 234 valence electrons. The summed E-state index contributed by atoms with van der Waals surface area (Å²) in [4.78, 5) is 69.3. The summed E-state index contributed by atoms with van der Waals surface area (Å²) in [6.45, 7) is 2.11. The van der Waals surface area contributed by atoms with Gasteiger partial charge in [-0.1, -0.05) is 0 Å². The van der Waals surface area contributed by atoms with E-state index in [0.717, 1.165) is 0 Å². The molecule has 1 N–H and O–H groups in total. The molecule has 13 nitrogen and oxygen atoms in total. The van der Waals surface area contributed by atoms with Crippen LogP contribution in [0.1, 0.15) is 37.3 Å². The number of carboxylic acid groups (broad SMARTS) is 1. The smallest absolute Gasteiger partial charge is 0.475 e. The van der Waals surface area contributed by atoms with Crippen molar-refractivity contribution in [2.45, 2.75) is 32.4 Å². The van der Waals surface area contributed by atoms with Gasteiger partial charge in [0, 0.05) is 54.9 Å². The third kappa shape index (κ3) is 10.8. The number of carboxylic acids is 1. The van der Waals surface area contributed by atoms with Crippen molar-refractivity contribution in [2.24, 2.45) is 0 Å². The maximum Gasteiger partial charge on any atom is 0.490 e. The van der Waals surface area contributed by atoms with E-state index in [-0.39, 0.29) is 62.0 Å². The van der Waals surface area contributed by atoms with E-state index in [1.807, 2.05) is 0 Å². The van der Waals surface area contributed by atoms with E-state index in [1.54, 1.807) is 19.1 Å². The van der Waals surface area contributed by atoms with Gasteiger partial charge >= 0.3 is 18.1 Å². The van der Waals surface area contributed by atoms with Gasteiger partial charge in [-0.25, -0.2) is 4.79 Å². The van der Waals surface area contributed by atoms with Gasteiger partial charge < -0.3 is 14.7 Å². The molecule has 0 spiro atoms. The fourth-order valence-electron chi connectivity index (χ4n) is 3.78. The van der Waals surface area contributed by atoms with Crippen LogP contribution in [0, 0.1) is 20.2 Å². The number of ether oxygens (including phenoxy) is 1. The summed E-state index contributed by atoms with van der Waals surface area (Å²) in [5.41, 5.74) is 1.66. The van der Waals surface area contributed by atoms with E-state index in [4.69, 9.17) is 14.6 Å². The van der Waals surface area contributed by atoms with Gasteiger partial charge in [0.25, 0.3) is 11.4 Å². The van der Waals surface area contributed by atoms with E-state index >= 15 is 0 Å². The minimum Gasteiger partial charge on any atom is -0.475 e. The highest BCUT2D eigenvalue weighted by Crippen LogP contribution is 2.25. The van der Waals surface area contributed by atoms with Crippen LogP contribution in [-0.2, 0) is 23.9 Å². The predicted molar refractivity (Wildman–Crippen MR) is 148 cm³/mol. The second-order valence-electron chi connectivity index (χ2n) is 9.04. The molecule has 0 atom stereocenters. The molecule has 2 aromatic rings. The van der Waals surface area contributed by atoms with Gasteiger partial charge in [0.1, 0.15) is 0 Å². The number of carbonyl (C=O) groups excluding carboxylic acids is 3. The fourth-order valence-corrected chi connectivity index (χ4v) is 3.78. The van der Waals surface area contributed by atoms with Gasteiger partial charge in [0.05, 0.1) is 22.9 Å². The second kappa shape index (κ2) is 15.7. The Morgan fingerprint density at radius 2 is 1.36 bits per heavy atom. The fraction of sp³-hybridized carbons (Fsp3) is 0.286. The number of Topliss-reactive ketones (excluding diaryl/α,β-unsaturated/α-hetero) is 1. The first-order chi connectivity index (χ1) is 20.6. The number of nitro groups is 2. The first-order valence-corrected chi connectivity index (χ1v) is 12.8. The number of non-ortho nitro benzene ring substituents is 2. The lowest BCUT2D eigenvalue weighted by molar-refractivity contribution is -0.385. The SMILES string of the molecule is CCOC(=O)CCC(=O)N1CCC(=Cc2ccc([N+](=O)[O-])cc2)C(=O)C(=Cc2ccc([N+](=O)[O-])cc2)C1.O=C(O)C(F)(F)F. The molecule has 0 aromatic heterocycles. The number of alkyl halides is 3. The molecule has 0 radical (unpaired) electrons. The van der Waals surface area contributed by atoms with Crippen molar-refractivity contribution in [1.82, 2.24) is 4.90 Å². The highest BCUT2D eigenvalue weighted by Gasteiger charge is 2.38. The zero-order valence-electron chi connectivity index (χ0n) is 23.1. The number of hydrogen-bond donors (Lipinski definition) is 1. The number of nitrogens with zero attached hydrogens (tertiary/aromatic N) is 3. The highest BCUT2D eigenvalue weighted by atomic mass is 19.4. The number of esters is 1. The number of carbonyl (C=O) groups is 4. The molecule has 0 unspecified atom stereocenters. The van der Waals surface area contributed by atoms with Crippen LogP contribution < -0.4 is 0 Å². The molecule has 0 bridgehead atoms. The molecule has 1 heterocycles. The molecule has 1 aliphatic rings. The molecule has 1 fully saturated rings. The monoisotopic (exact) mass is 621 g/mol. The molecular weight excluding hydrogens is 595 g/mol. The van der Waals surface area contributed by atoms with E-state index in [0.29, 0.717) is 22.3 Å². The van der Waals surface area contributed by atoms with Crippen LogP contribution in [0.3, 0.4) is 0 Å². The van der Waals surface area contributed by atoms with Gasteiger partial charge in [-0.05, 0) is 60.9 Å². The third-order valence-corrected chi connectivity index (χ3v) is 5.93. The molecule has 1 amide bonds. The van der Waals surface area contributed by atoms with Gasteiger partial charge in [-0.2, -0.15) is 13.2 Å². The Kier molecular flexibility index (Phi) is 12.4. The molecule has 2 aromatic carbocycles. The van der Waals surface area contributed by atoms with E-state index in [1.165, 1.54) is 53.4 Å². The molecule has 0 saturated carbocycles. The van der Waals surface area contributed by atoms with Crippen molar-refractivity contribution in [2.75, 3.05) is 19.7 Å². The summed E-state index contributed by atoms with van der Waals surface area (Å²) in [6, 6.07) is 11.4. The lowest BCUT2D eigenvalue weighted by Crippen LogP contribution is -2.33. The summed E-state index contributed by atoms with van der Waals surface area (Å²) in [7, 11) is 0. The van der Waals surface area contributed by atoms with Crippen molar-refractivity contribution in [1.29, 1.82) is 0 Å². The van der Waals surface area contributed by atoms with Gasteiger partial charge in [0.15, 0.2) is 5.78 Å². The normalized spacial score (nSPS) is 15.2. The Bertz CT molecular complexity index is 1470. The average molecular weight is 622 g/mol. The zero-order valence-corrected chi connectivity index (χ0v) is 23.1. The van der Waals surface area contributed by atoms with Crippen LogP contribution in [0.15, 0.2) is 59.7 Å². The minimum atomic E-state index is -5.08. The van der Waals surface area contributed by atoms with Crippen molar-refractivity contribution in [3.8, 4) is 0 Å². The number of aliphatic carboxylic acids is 1. The number of hydrogen-bond acceptors (Lipinski definition) is 9. The number of likely N-dealkylation sites (tertiary alicyclic amines) is 1. The number of halogens is 3. The van der Waals surface area contributed by atoms with Crippen molar-refractivity contribution in [3.05, 3.63) is 91.0 Å². The van der Waals surface area contributed by atoms with Crippen molar-refractivity contribution in [3.63, 3.8) is 0 Å². The lowest BCUT2D eigenvalue weighted by Gasteiger charge is -2.20. The Labute approximate surface area is 247 Å². The molecule has 0 aliphatic carbocycles. The van der Waals surface area contributed by atoms with Gasteiger partial charge in [0.2, 0.25) is 5.91 Å². The van der Waals surface area contributed by atoms with E-state index < -0.39 is 28.0 Å². The number of ketones is 1. The minimum absolute atomic E-state index is 0.00488. The Morgan fingerprint density at radius 3 is 1.77 bits per heavy atom. The Hall–Kier alpha value is -5.41. The number of nitro benzene ring substituents is 2. The summed E-state index contributed by atoms with van der Waals surface area (Å²) in [6.07, 6.45) is -1.79. The first kappa shape index (κ1) is 34.8. The van der Waals surface area contributed by atoms with Gasteiger partial charge in [-0.15, -0.1) is 0 Å². The third-order valence-electron chi connectivity index (χ3n) is 5.93. The summed E-state index contributed by atoms with van der Waals surface area (Å²) >= 11 is 0. The maximum atomic E-state index is 13.5. The number of benzene rings is 2. The van der Waals surface area contributed by atoms with Gasteiger partial charge in [-0.3, -0.25) is 34.6 Å². The van der Waals surface area contributed by atoms with Crippen LogP contribution >= 0.6 is 0 Å². The van der Waals surface area contributed by atoms with Crippen molar-refractivity contribution >= 4 is 47.2 Å². The van der Waals surface area contributed by atoms with Crippen LogP contribution in [-0.4, -0.2) is 69.4 Å². The van der Waals surface area contributed by atoms with Crippen LogP contribution in [0.5, 0.6) is 0 Å². The highest BCUT2D eigenvalue weighted by molar-refractivity contribution is 6.14. The summed E-state index contributed by atoms with van der Waals surface area (Å²) < 4.78 is 36.6. The number of amides is 1. The average Bonchev–Trinajstić information content (AvgIpc) is 3.11. The van der Waals surface area contributed by atoms with Crippen LogP contribution in [0.2, 0.25) is 0 Å². The van der Waals surface area contributed by atoms with E-state index in [2.05, 4.69) is 0 Å². The van der Waals surface area contributed by atoms with E-state index in [9.17, 15) is 47.8 Å². The quantitative estimate of drug-likeness (QED) is 0.187. The predicted octanol–water partition coefficient (Wildman–Crippen LogP) is 4.75. The second-order valence-corrected chi connectivity index (χ2v) is 9.04. The largest absolute Gasteiger partial charge is 0.490 e. The molecule has 1 aliphatic heterocycles. The molecule has 3 rings (SSSR count). The molecule has 16 heteroatoms. The van der Waals surface area contributed by atoms with Crippen LogP contribution in [0.4, 0.5) is 24.5 Å². The topological polar surface area (TPSA) is 187 Å². The van der Waals surface area contributed by atoms with Crippen LogP contribution in [0.25, 0.3) is 12.2 Å². The Balaban J connectivity index is 0.000000860.